The average molecular weight is 472 g/mol. The number of benzene rings is 2. The quantitative estimate of drug-likeness (QED) is 0.160. The molecular weight excluding hydrogens is 459 g/mol. The maximum absolute atomic E-state index is 13.9. The second-order valence-corrected chi connectivity index (χ2v) is 7.75. The van der Waals surface area contributed by atoms with Gasteiger partial charge in [-0.25, -0.2) is 26.7 Å². The van der Waals surface area contributed by atoms with Crippen LogP contribution in [0, 0.1) is 36.0 Å². The van der Waals surface area contributed by atoms with Gasteiger partial charge in [0.25, 0.3) is 0 Å². The summed E-state index contributed by atoms with van der Waals surface area (Å²) in [7, 11) is 1.18. The molecule has 31 heavy (non-hydrogen) atoms. The molecule has 0 saturated carbocycles. The van der Waals surface area contributed by atoms with Crippen molar-refractivity contribution in [1.29, 1.82) is 0 Å². The molecule has 0 aliphatic carbocycles. The highest BCUT2D eigenvalue weighted by molar-refractivity contribution is 7.80. The van der Waals surface area contributed by atoms with E-state index in [4.69, 9.17) is 17.0 Å². The van der Waals surface area contributed by atoms with Crippen LogP contribution in [-0.2, 0) is 4.74 Å². The molecule has 3 aromatic rings. The lowest BCUT2D eigenvalue weighted by molar-refractivity contribution is 0.0603. The van der Waals surface area contributed by atoms with Crippen molar-refractivity contribution >= 4 is 45.3 Å². The van der Waals surface area contributed by atoms with Crippen LogP contribution in [0.4, 0.5) is 32.6 Å². The Labute approximate surface area is 182 Å². The number of hydrogen-bond donors (Lipinski definition) is 2. The molecule has 3 rings (SSSR count). The number of carbonyl (C=O) groups excluding carboxylic acids is 1. The zero-order chi connectivity index (χ0) is 22.9. The van der Waals surface area contributed by atoms with Gasteiger partial charge >= 0.3 is 5.97 Å². The van der Waals surface area contributed by atoms with E-state index in [-0.39, 0.29) is 10.6 Å². The van der Waals surface area contributed by atoms with Gasteiger partial charge in [0.1, 0.15) is 16.3 Å². The van der Waals surface area contributed by atoms with Crippen LogP contribution in [0.2, 0.25) is 0 Å². The van der Waals surface area contributed by atoms with Gasteiger partial charge in [0.15, 0.2) is 28.4 Å². The standard InChI is InChI=1S/C20H13F5N2O2S2/c1-8-10(9-6-4-3-5-7-9)11(19(28)29-2)18(31-8)27-20(30)26-17-15(24)13(22)12(21)14(23)16(17)25/h3-7H,1-2H3,(H2,26,27,30). The van der Waals surface area contributed by atoms with Crippen LogP contribution in [0.1, 0.15) is 15.2 Å². The number of halogens is 5. The van der Waals surface area contributed by atoms with Crippen molar-refractivity contribution in [3.05, 3.63) is 69.9 Å². The lowest BCUT2D eigenvalue weighted by Crippen LogP contribution is -2.22. The molecule has 0 radical (unpaired) electrons. The van der Waals surface area contributed by atoms with E-state index in [1.54, 1.807) is 37.3 Å². The van der Waals surface area contributed by atoms with Crippen molar-refractivity contribution in [2.45, 2.75) is 6.92 Å². The Morgan fingerprint density at radius 1 is 0.935 bits per heavy atom. The monoisotopic (exact) mass is 472 g/mol. The van der Waals surface area contributed by atoms with Crippen LogP contribution < -0.4 is 10.6 Å². The van der Waals surface area contributed by atoms with Gasteiger partial charge in [-0.15, -0.1) is 11.3 Å². The van der Waals surface area contributed by atoms with Gasteiger partial charge in [0.05, 0.1) is 7.11 Å². The molecule has 0 bridgehead atoms. The predicted molar refractivity (Wildman–Crippen MR) is 112 cm³/mol. The molecule has 0 fully saturated rings. The molecule has 0 saturated heterocycles. The molecule has 0 atom stereocenters. The molecule has 1 aromatic heterocycles. The van der Waals surface area contributed by atoms with Crippen molar-refractivity contribution in [2.24, 2.45) is 0 Å². The summed E-state index contributed by atoms with van der Waals surface area (Å²) in [6.45, 7) is 1.74. The molecule has 4 nitrogen and oxygen atoms in total. The molecule has 0 aliphatic rings. The van der Waals surface area contributed by atoms with E-state index in [0.29, 0.717) is 16.0 Å². The topological polar surface area (TPSA) is 50.4 Å². The lowest BCUT2D eigenvalue weighted by atomic mass is 10.0. The van der Waals surface area contributed by atoms with E-state index >= 15 is 0 Å². The summed E-state index contributed by atoms with van der Waals surface area (Å²) in [6, 6.07) is 8.89. The largest absolute Gasteiger partial charge is 0.465 e. The van der Waals surface area contributed by atoms with Gasteiger partial charge < -0.3 is 15.4 Å². The summed E-state index contributed by atoms with van der Waals surface area (Å²) in [5.74, 6) is -11.4. The van der Waals surface area contributed by atoms with Crippen LogP contribution in [0.15, 0.2) is 30.3 Å². The Balaban J connectivity index is 1.99. The summed E-state index contributed by atoms with van der Waals surface area (Å²) >= 11 is 6.07. The Kier molecular flexibility index (Phi) is 6.56. The zero-order valence-corrected chi connectivity index (χ0v) is 17.5. The van der Waals surface area contributed by atoms with Crippen molar-refractivity contribution in [3.8, 4) is 11.1 Å². The number of anilines is 2. The predicted octanol–water partition coefficient (Wildman–Crippen LogP) is 6.01. The number of hydrogen-bond acceptors (Lipinski definition) is 4. The molecule has 1 heterocycles. The highest BCUT2D eigenvalue weighted by atomic mass is 32.1. The lowest BCUT2D eigenvalue weighted by Gasteiger charge is -2.13. The van der Waals surface area contributed by atoms with Gasteiger partial charge in [-0.1, -0.05) is 30.3 Å². The first-order chi connectivity index (χ1) is 14.7. The van der Waals surface area contributed by atoms with Crippen molar-refractivity contribution < 1.29 is 31.5 Å². The molecule has 0 aliphatic heterocycles. The fourth-order valence-corrected chi connectivity index (χ4v) is 4.18. The van der Waals surface area contributed by atoms with E-state index < -0.39 is 45.9 Å². The van der Waals surface area contributed by atoms with Gasteiger partial charge in [-0.05, 0) is 24.7 Å². The average Bonchev–Trinajstić information content (AvgIpc) is 3.09. The van der Waals surface area contributed by atoms with Crippen molar-refractivity contribution in [2.75, 3.05) is 17.7 Å². The van der Waals surface area contributed by atoms with Gasteiger partial charge in [0, 0.05) is 10.4 Å². The summed E-state index contributed by atoms with van der Waals surface area (Å²) in [5.41, 5.74) is 0.0603. The minimum Gasteiger partial charge on any atom is -0.465 e. The highest BCUT2D eigenvalue weighted by Gasteiger charge is 2.28. The third-order valence-corrected chi connectivity index (χ3v) is 5.44. The molecule has 0 spiro atoms. The first kappa shape index (κ1) is 22.6. The minimum absolute atomic E-state index is 0.109. The van der Waals surface area contributed by atoms with Crippen LogP contribution in [0.5, 0.6) is 0 Å². The van der Waals surface area contributed by atoms with E-state index in [2.05, 4.69) is 5.32 Å². The molecule has 162 valence electrons. The zero-order valence-electron chi connectivity index (χ0n) is 15.9. The number of ether oxygens (including phenoxy) is 1. The number of methoxy groups -OCH3 is 1. The van der Waals surface area contributed by atoms with E-state index in [1.165, 1.54) is 7.11 Å². The summed E-state index contributed by atoms with van der Waals surface area (Å²) in [5, 5.41) is 4.23. The van der Waals surface area contributed by atoms with Crippen molar-refractivity contribution in [3.63, 3.8) is 0 Å². The Morgan fingerprint density at radius 2 is 1.48 bits per heavy atom. The number of esters is 1. The van der Waals surface area contributed by atoms with Crippen LogP contribution in [0.25, 0.3) is 11.1 Å². The SMILES string of the molecule is COC(=O)c1c(NC(=S)Nc2c(F)c(F)c(F)c(F)c2F)sc(C)c1-c1ccccc1. The molecule has 11 heteroatoms. The Morgan fingerprint density at radius 3 is 2.03 bits per heavy atom. The normalized spacial score (nSPS) is 10.7. The number of nitrogens with one attached hydrogen (secondary N) is 2. The smallest absolute Gasteiger partial charge is 0.341 e. The molecular formula is C20H13F5N2O2S2. The van der Waals surface area contributed by atoms with Gasteiger partial charge in [-0.2, -0.15) is 0 Å². The van der Waals surface area contributed by atoms with E-state index in [1.807, 2.05) is 5.32 Å². The highest BCUT2D eigenvalue weighted by Crippen LogP contribution is 2.40. The fraction of sp³-hybridized carbons (Fsp3) is 0.100. The summed E-state index contributed by atoms with van der Waals surface area (Å²) in [4.78, 5) is 13.1. The Hall–Kier alpha value is -3.05. The first-order valence-corrected chi connectivity index (χ1v) is 9.76. The van der Waals surface area contributed by atoms with Gasteiger partial charge in [-0.3, -0.25) is 0 Å². The third-order valence-electron chi connectivity index (χ3n) is 4.21. The molecule has 2 aromatic carbocycles. The number of carbonyl (C=O) groups is 1. The molecule has 0 amide bonds. The number of aryl methyl sites for hydroxylation is 1. The second-order valence-electron chi connectivity index (χ2n) is 6.12. The Bertz CT molecular complexity index is 1150. The second kappa shape index (κ2) is 8.98. The third kappa shape index (κ3) is 4.23. The van der Waals surface area contributed by atoms with E-state index in [9.17, 15) is 26.7 Å². The summed E-state index contributed by atoms with van der Waals surface area (Å²) < 4.78 is 72.7. The number of thiocarbonyl (C=S) groups is 1. The summed E-state index contributed by atoms with van der Waals surface area (Å²) in [6.07, 6.45) is 0. The molecule has 2 N–H and O–H groups in total. The maximum atomic E-state index is 13.9. The number of thiophene rings is 1. The molecule has 0 unspecified atom stereocenters. The van der Waals surface area contributed by atoms with Crippen LogP contribution >= 0.6 is 23.6 Å². The fourth-order valence-electron chi connectivity index (χ4n) is 2.84. The van der Waals surface area contributed by atoms with Crippen molar-refractivity contribution in [1.82, 2.24) is 0 Å². The van der Waals surface area contributed by atoms with Gasteiger partial charge in [0.2, 0.25) is 5.82 Å². The van der Waals surface area contributed by atoms with E-state index in [0.717, 1.165) is 11.3 Å². The maximum Gasteiger partial charge on any atom is 0.341 e. The van der Waals surface area contributed by atoms with Crippen LogP contribution in [-0.4, -0.2) is 18.2 Å². The first-order valence-electron chi connectivity index (χ1n) is 8.53. The van der Waals surface area contributed by atoms with Crippen LogP contribution in [0.3, 0.4) is 0 Å². The minimum atomic E-state index is -2.28. The number of rotatable bonds is 4.